The molecule has 2 heterocycles. The molecule has 0 aliphatic rings. The SMILES string of the molecule is COc1ccc(-c2ccccc2C#N)cc1-c1cc(-c2ccccc2C#N)c(=O)n(-c2cccnc2)c1. The standard InChI is InChI=1S/C31H20N4O2/c1-37-30-13-12-21(26-10-4-2-7-22(26)17-32)15-28(30)24-16-29(27-11-5-3-8-23(27)18-33)31(36)35(20-24)25-9-6-14-34-19-25/h2-16,19-20H,1H3. The first kappa shape index (κ1) is 23.3. The zero-order valence-corrected chi connectivity index (χ0v) is 19.9. The van der Waals surface area contributed by atoms with Crippen LogP contribution in [0.25, 0.3) is 39.1 Å². The zero-order chi connectivity index (χ0) is 25.8. The Balaban J connectivity index is 1.82. The summed E-state index contributed by atoms with van der Waals surface area (Å²) in [5.41, 5.74) is 5.28. The first-order valence-electron chi connectivity index (χ1n) is 11.5. The lowest BCUT2D eigenvalue weighted by Crippen LogP contribution is -2.20. The van der Waals surface area contributed by atoms with Crippen LogP contribution in [0.3, 0.4) is 0 Å². The van der Waals surface area contributed by atoms with Crippen molar-refractivity contribution in [2.24, 2.45) is 0 Å². The van der Waals surface area contributed by atoms with Crippen LogP contribution in [0, 0.1) is 22.7 Å². The molecule has 0 saturated heterocycles. The maximum atomic E-state index is 13.7. The maximum absolute atomic E-state index is 13.7. The van der Waals surface area contributed by atoms with Gasteiger partial charge in [0.25, 0.3) is 5.56 Å². The third kappa shape index (κ3) is 4.36. The second-order valence-corrected chi connectivity index (χ2v) is 8.26. The number of pyridine rings is 2. The minimum Gasteiger partial charge on any atom is -0.496 e. The van der Waals surface area contributed by atoms with E-state index >= 15 is 0 Å². The van der Waals surface area contributed by atoms with Crippen LogP contribution in [-0.2, 0) is 0 Å². The van der Waals surface area contributed by atoms with Crippen molar-refractivity contribution in [3.8, 4) is 57.0 Å². The fraction of sp³-hybridized carbons (Fsp3) is 0.0323. The van der Waals surface area contributed by atoms with Crippen LogP contribution in [0.5, 0.6) is 5.75 Å². The van der Waals surface area contributed by atoms with Gasteiger partial charge in [0.2, 0.25) is 0 Å². The third-order valence-corrected chi connectivity index (χ3v) is 6.15. The number of hydrogen-bond acceptors (Lipinski definition) is 5. The van der Waals surface area contributed by atoms with E-state index < -0.39 is 0 Å². The first-order chi connectivity index (χ1) is 18.1. The molecule has 0 aliphatic carbocycles. The topological polar surface area (TPSA) is 91.7 Å². The number of rotatable bonds is 5. The molecule has 0 aliphatic heterocycles. The van der Waals surface area contributed by atoms with Gasteiger partial charge in [-0.2, -0.15) is 10.5 Å². The average Bonchev–Trinajstić information content (AvgIpc) is 2.97. The monoisotopic (exact) mass is 480 g/mol. The summed E-state index contributed by atoms with van der Waals surface area (Å²) in [6.45, 7) is 0. The number of aromatic nitrogens is 2. The molecule has 0 unspecified atom stereocenters. The summed E-state index contributed by atoms with van der Waals surface area (Å²) in [6.07, 6.45) is 5.00. The molecule has 2 aromatic heterocycles. The van der Waals surface area contributed by atoms with E-state index in [1.165, 1.54) is 4.57 Å². The molecular weight excluding hydrogens is 460 g/mol. The molecule has 37 heavy (non-hydrogen) atoms. The number of nitrogens with zero attached hydrogens (tertiary/aromatic N) is 4. The van der Waals surface area contributed by atoms with E-state index in [0.29, 0.717) is 39.3 Å². The Morgan fingerprint density at radius 1 is 0.757 bits per heavy atom. The molecule has 6 nitrogen and oxygen atoms in total. The van der Waals surface area contributed by atoms with E-state index in [-0.39, 0.29) is 5.56 Å². The Hall–Kier alpha value is -5.46. The minimum absolute atomic E-state index is 0.274. The third-order valence-electron chi connectivity index (χ3n) is 6.15. The smallest absolute Gasteiger partial charge is 0.263 e. The van der Waals surface area contributed by atoms with Gasteiger partial charge in [0.15, 0.2) is 0 Å². The molecule has 176 valence electrons. The van der Waals surface area contributed by atoms with Crippen molar-refractivity contribution in [2.45, 2.75) is 0 Å². The maximum Gasteiger partial charge on any atom is 0.263 e. The Labute approximate surface area is 213 Å². The van der Waals surface area contributed by atoms with Gasteiger partial charge in [0.05, 0.1) is 42.3 Å². The molecule has 0 fully saturated rings. The van der Waals surface area contributed by atoms with E-state index in [4.69, 9.17) is 4.74 Å². The fourth-order valence-electron chi connectivity index (χ4n) is 4.36. The molecule has 6 heteroatoms. The molecule has 0 bridgehead atoms. The lowest BCUT2D eigenvalue weighted by atomic mass is 9.94. The van der Waals surface area contributed by atoms with Crippen molar-refractivity contribution < 1.29 is 4.74 Å². The van der Waals surface area contributed by atoms with Gasteiger partial charge in [0.1, 0.15) is 5.75 Å². The summed E-state index contributed by atoms with van der Waals surface area (Å²) in [5, 5.41) is 19.3. The molecule has 0 radical (unpaired) electrons. The lowest BCUT2D eigenvalue weighted by molar-refractivity contribution is 0.416. The van der Waals surface area contributed by atoms with Crippen LogP contribution in [0.2, 0.25) is 0 Å². The van der Waals surface area contributed by atoms with Crippen molar-refractivity contribution >= 4 is 0 Å². The fourth-order valence-corrected chi connectivity index (χ4v) is 4.36. The van der Waals surface area contributed by atoms with Gasteiger partial charge in [-0.25, -0.2) is 0 Å². The summed E-state index contributed by atoms with van der Waals surface area (Å²) < 4.78 is 7.23. The summed E-state index contributed by atoms with van der Waals surface area (Å²) in [5.74, 6) is 0.606. The Morgan fingerprint density at radius 2 is 1.43 bits per heavy atom. The van der Waals surface area contributed by atoms with Gasteiger partial charge < -0.3 is 4.74 Å². The van der Waals surface area contributed by atoms with Gasteiger partial charge in [-0.05, 0) is 53.6 Å². The summed E-state index contributed by atoms with van der Waals surface area (Å²) in [6, 6.07) is 29.9. The predicted octanol–water partition coefficient (Wildman–Crippen LogP) is 5.99. The average molecular weight is 481 g/mol. The molecule has 0 amide bonds. The second kappa shape index (κ2) is 10.0. The van der Waals surface area contributed by atoms with Crippen molar-refractivity contribution in [2.75, 3.05) is 7.11 Å². The highest BCUT2D eigenvalue weighted by molar-refractivity contribution is 5.82. The van der Waals surface area contributed by atoms with E-state index in [9.17, 15) is 15.3 Å². The number of hydrogen-bond donors (Lipinski definition) is 0. The first-order valence-corrected chi connectivity index (χ1v) is 11.5. The number of ether oxygens (including phenoxy) is 1. The van der Waals surface area contributed by atoms with Crippen molar-refractivity contribution in [3.05, 3.63) is 125 Å². The number of methoxy groups -OCH3 is 1. The van der Waals surface area contributed by atoms with Gasteiger partial charge in [-0.1, -0.05) is 42.5 Å². The van der Waals surface area contributed by atoms with Gasteiger partial charge in [-0.15, -0.1) is 0 Å². The number of benzene rings is 3. The number of nitriles is 2. The minimum atomic E-state index is -0.274. The summed E-state index contributed by atoms with van der Waals surface area (Å²) in [7, 11) is 1.59. The van der Waals surface area contributed by atoms with Crippen LogP contribution >= 0.6 is 0 Å². The van der Waals surface area contributed by atoms with E-state index in [1.54, 1.807) is 74.2 Å². The zero-order valence-electron chi connectivity index (χ0n) is 19.9. The normalized spacial score (nSPS) is 10.4. The van der Waals surface area contributed by atoms with E-state index in [2.05, 4.69) is 17.1 Å². The molecular formula is C31H20N4O2. The largest absolute Gasteiger partial charge is 0.496 e. The highest BCUT2D eigenvalue weighted by atomic mass is 16.5. The van der Waals surface area contributed by atoms with Crippen LogP contribution in [0.1, 0.15) is 11.1 Å². The summed E-state index contributed by atoms with van der Waals surface area (Å²) in [4.78, 5) is 17.9. The van der Waals surface area contributed by atoms with Crippen molar-refractivity contribution in [1.29, 1.82) is 10.5 Å². The van der Waals surface area contributed by atoms with Crippen LogP contribution in [0.4, 0.5) is 0 Å². The highest BCUT2D eigenvalue weighted by Crippen LogP contribution is 2.36. The molecule has 5 aromatic rings. The predicted molar refractivity (Wildman–Crippen MR) is 142 cm³/mol. The molecule has 0 saturated carbocycles. The van der Waals surface area contributed by atoms with Crippen molar-refractivity contribution in [1.82, 2.24) is 9.55 Å². The van der Waals surface area contributed by atoms with Gasteiger partial charge in [-0.3, -0.25) is 14.3 Å². The van der Waals surface area contributed by atoms with Gasteiger partial charge >= 0.3 is 0 Å². The quantitative estimate of drug-likeness (QED) is 0.308. The molecule has 0 N–H and O–H groups in total. The molecule has 0 atom stereocenters. The van der Waals surface area contributed by atoms with E-state index in [1.807, 2.05) is 36.4 Å². The van der Waals surface area contributed by atoms with Crippen LogP contribution in [0.15, 0.2) is 108 Å². The lowest BCUT2D eigenvalue weighted by Gasteiger charge is -2.16. The van der Waals surface area contributed by atoms with Crippen LogP contribution < -0.4 is 10.3 Å². The van der Waals surface area contributed by atoms with E-state index in [0.717, 1.165) is 16.7 Å². The molecule has 5 rings (SSSR count). The Bertz CT molecular complexity index is 1760. The molecule has 3 aromatic carbocycles. The Morgan fingerprint density at radius 3 is 2.11 bits per heavy atom. The van der Waals surface area contributed by atoms with Gasteiger partial charge in [0, 0.05) is 34.6 Å². The second-order valence-electron chi connectivity index (χ2n) is 8.26. The summed E-state index contributed by atoms with van der Waals surface area (Å²) >= 11 is 0. The Kier molecular flexibility index (Phi) is 6.31. The molecule has 0 spiro atoms. The highest BCUT2D eigenvalue weighted by Gasteiger charge is 2.17. The van der Waals surface area contributed by atoms with Crippen molar-refractivity contribution in [3.63, 3.8) is 0 Å². The van der Waals surface area contributed by atoms with Crippen LogP contribution in [-0.4, -0.2) is 16.7 Å².